The van der Waals surface area contributed by atoms with E-state index in [2.05, 4.69) is 32.2 Å². The molecule has 100 valence electrons. The van der Waals surface area contributed by atoms with Gasteiger partial charge in [-0.1, -0.05) is 6.92 Å². The largest absolute Gasteiger partial charge is 0.726 e. The van der Waals surface area contributed by atoms with Crippen LogP contribution in [-0.4, -0.2) is 65.5 Å². The summed E-state index contributed by atoms with van der Waals surface area (Å²) in [4.78, 5) is 0. The first kappa shape index (κ1) is 18.2. The molecule has 6 nitrogen and oxygen atoms in total. The van der Waals surface area contributed by atoms with Crippen LogP contribution in [0.1, 0.15) is 13.3 Å². The van der Waals surface area contributed by atoms with Gasteiger partial charge in [0.15, 0.2) is 0 Å². The molecule has 0 aromatic carbocycles. The van der Waals surface area contributed by atoms with Crippen LogP contribution in [0.5, 0.6) is 0 Å². The smallest absolute Gasteiger partial charge is 0.217 e. The van der Waals surface area contributed by atoms with Gasteiger partial charge < -0.3 is 13.8 Å². The molecule has 0 saturated heterocycles. The zero-order valence-corrected chi connectivity index (χ0v) is 11.5. The van der Waals surface area contributed by atoms with Gasteiger partial charge in [0, 0.05) is 6.61 Å². The molecule has 0 heterocycles. The SMILES string of the molecule is CCCOCC[N+](C)(C)C.COS(=O)(=O)[O-]. The van der Waals surface area contributed by atoms with Gasteiger partial charge in [-0.2, -0.15) is 0 Å². The van der Waals surface area contributed by atoms with E-state index in [1.165, 1.54) is 0 Å². The molecule has 0 radical (unpaired) electrons. The molecule has 0 saturated carbocycles. The second-order valence-corrected chi connectivity index (χ2v) is 5.35. The summed E-state index contributed by atoms with van der Waals surface area (Å²) in [6.07, 6.45) is 1.12. The van der Waals surface area contributed by atoms with Crippen molar-refractivity contribution in [1.82, 2.24) is 0 Å². The second-order valence-electron chi connectivity index (χ2n) is 4.20. The molecule has 0 aromatic rings. The Labute approximate surface area is 98.7 Å². The number of nitrogens with zero attached hydrogens (tertiary/aromatic N) is 1. The molecule has 0 fully saturated rings. The van der Waals surface area contributed by atoms with E-state index < -0.39 is 10.4 Å². The summed E-state index contributed by atoms with van der Waals surface area (Å²) >= 11 is 0. The van der Waals surface area contributed by atoms with Crippen molar-refractivity contribution >= 4 is 10.4 Å². The molecule has 0 amide bonds. The molecule has 0 bridgehead atoms. The van der Waals surface area contributed by atoms with Crippen LogP contribution in [0.4, 0.5) is 0 Å². The summed E-state index contributed by atoms with van der Waals surface area (Å²) in [6.45, 7) is 5.02. The summed E-state index contributed by atoms with van der Waals surface area (Å²) in [5.74, 6) is 0. The van der Waals surface area contributed by atoms with Crippen LogP contribution in [-0.2, 0) is 19.3 Å². The Bertz CT molecular complexity index is 245. The molecule has 0 N–H and O–H groups in total. The standard InChI is InChI=1S/C8H20NO.CH4O4S/c1-5-7-10-8-6-9(2,3)4;1-5-6(2,3)4/h5-8H2,1-4H3;1H3,(H,2,3,4)/q+1;/p-1. The monoisotopic (exact) mass is 257 g/mol. The van der Waals surface area contributed by atoms with Crippen molar-refractivity contribution in [1.29, 1.82) is 0 Å². The fourth-order valence-electron chi connectivity index (χ4n) is 0.585. The van der Waals surface area contributed by atoms with Crippen molar-refractivity contribution in [3.8, 4) is 0 Å². The minimum absolute atomic E-state index is 0.808. The van der Waals surface area contributed by atoms with Crippen LogP contribution in [0.15, 0.2) is 0 Å². The number of hydrogen-bond acceptors (Lipinski definition) is 5. The third kappa shape index (κ3) is 23.5. The maximum Gasteiger partial charge on any atom is 0.217 e. The normalized spacial score (nSPS) is 11.9. The van der Waals surface area contributed by atoms with Gasteiger partial charge in [-0.15, -0.1) is 0 Å². The summed E-state index contributed by atoms with van der Waals surface area (Å²) in [7, 11) is 2.92. The Balaban J connectivity index is 0. The van der Waals surface area contributed by atoms with Gasteiger partial charge in [0.2, 0.25) is 10.4 Å². The van der Waals surface area contributed by atoms with Crippen LogP contribution in [0.25, 0.3) is 0 Å². The van der Waals surface area contributed by atoms with Gasteiger partial charge in [-0.25, -0.2) is 8.42 Å². The number of likely N-dealkylation sites (N-methyl/N-ethyl adjacent to an activating group) is 1. The quantitative estimate of drug-likeness (QED) is 0.294. The van der Waals surface area contributed by atoms with Crippen molar-refractivity contribution in [3.63, 3.8) is 0 Å². The first-order valence-electron chi connectivity index (χ1n) is 5.02. The first-order valence-corrected chi connectivity index (χ1v) is 6.35. The van der Waals surface area contributed by atoms with Crippen molar-refractivity contribution < 1.29 is 26.4 Å². The Kier molecular flexibility index (Phi) is 10.1. The summed E-state index contributed by atoms with van der Waals surface area (Å²) < 4.78 is 37.4. The molecule has 0 aliphatic rings. The Hall–Kier alpha value is -0.210. The Morgan fingerprint density at radius 1 is 1.19 bits per heavy atom. The number of hydrogen-bond donors (Lipinski definition) is 0. The lowest BCUT2D eigenvalue weighted by Crippen LogP contribution is -2.37. The first-order chi connectivity index (χ1) is 7.12. The minimum Gasteiger partial charge on any atom is -0.726 e. The van der Waals surface area contributed by atoms with Crippen LogP contribution in [0, 0.1) is 0 Å². The highest BCUT2D eigenvalue weighted by molar-refractivity contribution is 7.80. The molecular formula is C9H23NO5S. The van der Waals surface area contributed by atoms with Gasteiger partial charge in [0.25, 0.3) is 0 Å². The summed E-state index contributed by atoms with van der Waals surface area (Å²) in [6, 6.07) is 0. The molecule has 0 rings (SSSR count). The fourth-order valence-corrected chi connectivity index (χ4v) is 0.585. The van der Waals surface area contributed by atoms with Crippen LogP contribution in [0.3, 0.4) is 0 Å². The van der Waals surface area contributed by atoms with Gasteiger partial charge in [-0.3, -0.25) is 4.18 Å². The second kappa shape index (κ2) is 8.89. The third-order valence-corrected chi connectivity index (χ3v) is 1.87. The molecule has 0 aliphatic carbocycles. The predicted octanol–water partition coefficient (Wildman–Crippen LogP) is 0.212. The minimum atomic E-state index is -4.41. The van der Waals surface area contributed by atoms with Crippen LogP contribution >= 0.6 is 0 Å². The third-order valence-electron chi connectivity index (χ3n) is 1.46. The molecule has 7 heteroatoms. The number of ether oxygens (including phenoxy) is 1. The van der Waals surface area contributed by atoms with E-state index in [0.717, 1.165) is 37.8 Å². The Morgan fingerprint density at radius 2 is 1.62 bits per heavy atom. The predicted molar refractivity (Wildman–Crippen MR) is 60.7 cm³/mol. The molecule has 16 heavy (non-hydrogen) atoms. The molecule has 0 aliphatic heterocycles. The van der Waals surface area contributed by atoms with E-state index in [1.54, 1.807) is 0 Å². The topological polar surface area (TPSA) is 75.7 Å². The summed E-state index contributed by atoms with van der Waals surface area (Å²) in [5.41, 5.74) is 0. The van der Waals surface area contributed by atoms with E-state index in [4.69, 9.17) is 4.74 Å². The molecule has 0 aromatic heterocycles. The Morgan fingerprint density at radius 3 is 1.88 bits per heavy atom. The van der Waals surface area contributed by atoms with E-state index in [9.17, 15) is 13.0 Å². The van der Waals surface area contributed by atoms with E-state index in [1.807, 2.05) is 0 Å². The van der Waals surface area contributed by atoms with Gasteiger partial charge in [-0.05, 0) is 6.42 Å². The average molecular weight is 257 g/mol. The highest BCUT2D eigenvalue weighted by atomic mass is 32.3. The highest BCUT2D eigenvalue weighted by Crippen LogP contribution is 1.89. The lowest BCUT2D eigenvalue weighted by atomic mass is 10.5. The highest BCUT2D eigenvalue weighted by Gasteiger charge is 2.04. The fraction of sp³-hybridized carbons (Fsp3) is 1.00. The van der Waals surface area contributed by atoms with Crippen molar-refractivity contribution in [2.45, 2.75) is 13.3 Å². The maximum atomic E-state index is 9.22. The van der Waals surface area contributed by atoms with Crippen molar-refractivity contribution in [3.05, 3.63) is 0 Å². The van der Waals surface area contributed by atoms with Gasteiger partial charge in [0.05, 0.1) is 34.9 Å². The van der Waals surface area contributed by atoms with Crippen molar-refractivity contribution in [2.24, 2.45) is 0 Å². The lowest BCUT2D eigenvalue weighted by molar-refractivity contribution is -0.870. The average Bonchev–Trinajstić information content (AvgIpc) is 2.11. The molecule has 0 spiro atoms. The molecule has 0 unspecified atom stereocenters. The van der Waals surface area contributed by atoms with Gasteiger partial charge >= 0.3 is 0 Å². The molecular weight excluding hydrogens is 234 g/mol. The van der Waals surface area contributed by atoms with Crippen LogP contribution in [0.2, 0.25) is 0 Å². The maximum absolute atomic E-state index is 9.22. The van der Waals surface area contributed by atoms with E-state index in [0.29, 0.717) is 0 Å². The zero-order valence-electron chi connectivity index (χ0n) is 10.7. The van der Waals surface area contributed by atoms with Gasteiger partial charge in [0.1, 0.15) is 6.54 Å². The van der Waals surface area contributed by atoms with Crippen LogP contribution < -0.4 is 0 Å². The van der Waals surface area contributed by atoms with E-state index in [-0.39, 0.29) is 0 Å². The van der Waals surface area contributed by atoms with Crippen molar-refractivity contribution in [2.75, 3.05) is 48.0 Å². The molecule has 0 atom stereocenters. The van der Waals surface area contributed by atoms with E-state index >= 15 is 0 Å². The zero-order chi connectivity index (χ0) is 13.2. The number of rotatable bonds is 6. The number of quaternary nitrogens is 1. The summed E-state index contributed by atoms with van der Waals surface area (Å²) in [5, 5.41) is 0. The lowest BCUT2D eigenvalue weighted by Gasteiger charge is -2.23.